The van der Waals surface area contributed by atoms with E-state index in [4.69, 9.17) is 5.73 Å². The topological polar surface area (TPSA) is 75.4 Å². The summed E-state index contributed by atoms with van der Waals surface area (Å²) in [6.45, 7) is 4.46. The molecule has 108 valence electrons. The van der Waals surface area contributed by atoms with Gasteiger partial charge in [-0.25, -0.2) is 13.1 Å². The van der Waals surface area contributed by atoms with Crippen LogP contribution in [0.5, 0.6) is 0 Å². The Hall–Kier alpha value is -1.11. The van der Waals surface area contributed by atoms with Crippen LogP contribution < -0.4 is 10.5 Å². The minimum absolute atomic E-state index is 0.117. The summed E-state index contributed by atoms with van der Waals surface area (Å²) in [6.07, 6.45) is 0.758. The van der Waals surface area contributed by atoms with Gasteiger partial charge in [0.05, 0.1) is 4.90 Å². The van der Waals surface area contributed by atoms with E-state index in [0.29, 0.717) is 11.3 Å². The second kappa shape index (κ2) is 6.36. The molecule has 0 aromatic heterocycles. The third-order valence-electron chi connectivity index (χ3n) is 2.87. The van der Waals surface area contributed by atoms with Crippen LogP contribution in [0, 0.1) is 6.92 Å². The monoisotopic (exact) mass is 285 g/mol. The first kappa shape index (κ1) is 15.9. The van der Waals surface area contributed by atoms with Gasteiger partial charge in [0.2, 0.25) is 10.0 Å². The van der Waals surface area contributed by atoms with Crippen molar-refractivity contribution in [1.29, 1.82) is 0 Å². The van der Waals surface area contributed by atoms with E-state index in [1.165, 1.54) is 6.07 Å². The maximum Gasteiger partial charge on any atom is 0.241 e. The lowest BCUT2D eigenvalue weighted by Gasteiger charge is -2.17. The number of rotatable bonds is 6. The number of hydrogen-bond donors (Lipinski definition) is 2. The van der Waals surface area contributed by atoms with E-state index in [-0.39, 0.29) is 10.9 Å². The van der Waals surface area contributed by atoms with E-state index in [0.717, 1.165) is 13.0 Å². The summed E-state index contributed by atoms with van der Waals surface area (Å²) in [6, 6.07) is 4.79. The number of nitrogen functional groups attached to an aromatic ring is 1. The Kier molecular flexibility index (Phi) is 5.34. The molecule has 6 heteroatoms. The zero-order valence-electron chi connectivity index (χ0n) is 12.0. The molecule has 3 N–H and O–H groups in total. The van der Waals surface area contributed by atoms with E-state index in [9.17, 15) is 8.42 Å². The molecule has 0 amide bonds. The first-order chi connectivity index (χ1) is 8.72. The molecule has 0 saturated carbocycles. The molecule has 1 aromatic carbocycles. The van der Waals surface area contributed by atoms with Crippen molar-refractivity contribution >= 4 is 15.7 Å². The van der Waals surface area contributed by atoms with Gasteiger partial charge in [-0.2, -0.15) is 0 Å². The van der Waals surface area contributed by atoms with Gasteiger partial charge in [0, 0.05) is 11.7 Å². The molecule has 5 nitrogen and oxygen atoms in total. The Morgan fingerprint density at radius 3 is 2.58 bits per heavy atom. The molecule has 0 aliphatic heterocycles. The lowest BCUT2D eigenvalue weighted by atomic mass is 10.2. The van der Waals surface area contributed by atoms with Crippen molar-refractivity contribution in [2.45, 2.75) is 31.2 Å². The molecule has 0 spiro atoms. The van der Waals surface area contributed by atoms with Gasteiger partial charge in [0.1, 0.15) is 0 Å². The van der Waals surface area contributed by atoms with Gasteiger partial charge < -0.3 is 10.6 Å². The highest BCUT2D eigenvalue weighted by molar-refractivity contribution is 7.89. The maximum absolute atomic E-state index is 12.3. The molecule has 1 rings (SSSR count). The SMILES string of the molecule is Cc1ccc(N)cc1S(=O)(=O)NC(C)CCN(C)C. The van der Waals surface area contributed by atoms with Crippen molar-refractivity contribution < 1.29 is 8.42 Å². The predicted octanol–water partition coefficient (Wildman–Crippen LogP) is 1.20. The smallest absolute Gasteiger partial charge is 0.241 e. The van der Waals surface area contributed by atoms with Crippen molar-refractivity contribution in [2.24, 2.45) is 0 Å². The standard InChI is InChI=1S/C13H23N3O2S/c1-10-5-6-12(14)9-13(10)19(17,18)15-11(2)7-8-16(3)4/h5-6,9,11,15H,7-8,14H2,1-4H3. The van der Waals surface area contributed by atoms with Crippen LogP contribution >= 0.6 is 0 Å². The van der Waals surface area contributed by atoms with Crippen LogP contribution in [-0.4, -0.2) is 40.0 Å². The molecule has 0 fully saturated rings. The van der Waals surface area contributed by atoms with Crippen molar-refractivity contribution in [3.8, 4) is 0 Å². The van der Waals surface area contributed by atoms with Crippen LogP contribution in [0.1, 0.15) is 18.9 Å². The van der Waals surface area contributed by atoms with Gasteiger partial charge in [-0.05, 0) is 58.6 Å². The zero-order chi connectivity index (χ0) is 14.6. The molecule has 0 radical (unpaired) electrons. The fourth-order valence-corrected chi connectivity index (χ4v) is 3.30. The van der Waals surface area contributed by atoms with Crippen LogP contribution in [-0.2, 0) is 10.0 Å². The van der Waals surface area contributed by atoms with Crippen LogP contribution in [0.25, 0.3) is 0 Å². The minimum Gasteiger partial charge on any atom is -0.399 e. The molecule has 0 bridgehead atoms. The lowest BCUT2D eigenvalue weighted by molar-refractivity contribution is 0.379. The van der Waals surface area contributed by atoms with E-state index in [1.54, 1.807) is 19.1 Å². The summed E-state index contributed by atoms with van der Waals surface area (Å²) >= 11 is 0. The first-order valence-electron chi connectivity index (χ1n) is 6.25. The highest BCUT2D eigenvalue weighted by Gasteiger charge is 2.19. The van der Waals surface area contributed by atoms with Gasteiger partial charge in [0.15, 0.2) is 0 Å². The third kappa shape index (κ3) is 4.81. The molecule has 1 atom stereocenters. The van der Waals surface area contributed by atoms with E-state index < -0.39 is 10.0 Å². The number of nitrogens with zero attached hydrogens (tertiary/aromatic N) is 1. The Morgan fingerprint density at radius 2 is 2.00 bits per heavy atom. The zero-order valence-corrected chi connectivity index (χ0v) is 12.8. The van der Waals surface area contributed by atoms with Crippen LogP contribution in [0.2, 0.25) is 0 Å². The van der Waals surface area contributed by atoms with Crippen LogP contribution in [0.15, 0.2) is 23.1 Å². The molecule has 0 aliphatic carbocycles. The summed E-state index contributed by atoms with van der Waals surface area (Å²) in [5, 5.41) is 0. The number of nitrogens with one attached hydrogen (secondary N) is 1. The molecular weight excluding hydrogens is 262 g/mol. The quantitative estimate of drug-likeness (QED) is 0.770. The fourth-order valence-electron chi connectivity index (χ4n) is 1.75. The highest BCUT2D eigenvalue weighted by atomic mass is 32.2. The van der Waals surface area contributed by atoms with Crippen molar-refractivity contribution in [3.63, 3.8) is 0 Å². The summed E-state index contributed by atoms with van der Waals surface area (Å²) in [5.41, 5.74) is 6.80. The fraction of sp³-hybridized carbons (Fsp3) is 0.538. The summed E-state index contributed by atoms with van der Waals surface area (Å²) < 4.78 is 27.2. The lowest BCUT2D eigenvalue weighted by Crippen LogP contribution is -2.35. The van der Waals surface area contributed by atoms with E-state index in [2.05, 4.69) is 4.72 Å². The number of aryl methyl sites for hydroxylation is 1. The van der Waals surface area contributed by atoms with E-state index >= 15 is 0 Å². The van der Waals surface area contributed by atoms with Gasteiger partial charge in [-0.15, -0.1) is 0 Å². The number of benzene rings is 1. The van der Waals surface area contributed by atoms with Gasteiger partial charge in [-0.3, -0.25) is 0 Å². The molecule has 0 saturated heterocycles. The summed E-state index contributed by atoms with van der Waals surface area (Å²) in [4.78, 5) is 2.28. The second-order valence-corrected chi connectivity index (χ2v) is 6.82. The third-order valence-corrected chi connectivity index (χ3v) is 4.60. The molecule has 0 aliphatic rings. The highest BCUT2D eigenvalue weighted by Crippen LogP contribution is 2.18. The molecule has 1 aromatic rings. The Morgan fingerprint density at radius 1 is 1.37 bits per heavy atom. The van der Waals surface area contributed by atoms with Crippen molar-refractivity contribution in [3.05, 3.63) is 23.8 Å². The van der Waals surface area contributed by atoms with Gasteiger partial charge in [-0.1, -0.05) is 6.07 Å². The van der Waals surface area contributed by atoms with Gasteiger partial charge >= 0.3 is 0 Å². The minimum atomic E-state index is -3.51. The second-order valence-electron chi connectivity index (χ2n) is 5.14. The molecule has 0 heterocycles. The number of hydrogen-bond acceptors (Lipinski definition) is 4. The molecule has 1 unspecified atom stereocenters. The molecule has 19 heavy (non-hydrogen) atoms. The summed E-state index contributed by atoms with van der Waals surface area (Å²) in [7, 11) is 0.414. The summed E-state index contributed by atoms with van der Waals surface area (Å²) in [5.74, 6) is 0. The first-order valence-corrected chi connectivity index (χ1v) is 7.74. The number of anilines is 1. The number of sulfonamides is 1. The van der Waals surface area contributed by atoms with E-state index in [1.807, 2.05) is 25.9 Å². The van der Waals surface area contributed by atoms with Crippen LogP contribution in [0.4, 0.5) is 5.69 Å². The maximum atomic E-state index is 12.3. The normalized spacial score (nSPS) is 13.7. The van der Waals surface area contributed by atoms with Gasteiger partial charge in [0.25, 0.3) is 0 Å². The largest absolute Gasteiger partial charge is 0.399 e. The Bertz CT molecular complexity index is 527. The Labute approximate surface area is 115 Å². The molecular formula is C13H23N3O2S. The van der Waals surface area contributed by atoms with Crippen molar-refractivity contribution in [1.82, 2.24) is 9.62 Å². The average Bonchev–Trinajstić information content (AvgIpc) is 2.29. The number of nitrogens with two attached hydrogens (primary N) is 1. The average molecular weight is 285 g/mol. The predicted molar refractivity (Wildman–Crippen MR) is 78.5 cm³/mol. The Balaban J connectivity index is 2.83. The van der Waals surface area contributed by atoms with Crippen molar-refractivity contribution in [2.75, 3.05) is 26.4 Å². The van der Waals surface area contributed by atoms with Crippen LogP contribution in [0.3, 0.4) is 0 Å².